The molecule has 2 amide bonds. The Balaban J connectivity index is 1.51. The van der Waals surface area contributed by atoms with E-state index in [1.54, 1.807) is 26.1 Å². The number of phenols is 1. The Morgan fingerprint density at radius 2 is 2.14 bits per heavy atom. The molecule has 0 bridgehead atoms. The van der Waals surface area contributed by atoms with Crippen LogP contribution in [-0.2, 0) is 20.8 Å². The van der Waals surface area contributed by atoms with Gasteiger partial charge in [-0.2, -0.15) is 0 Å². The number of benzene rings is 1. The number of carboxylic acids is 1. The molecule has 1 unspecified atom stereocenters. The van der Waals surface area contributed by atoms with Gasteiger partial charge in [0.1, 0.15) is 34.9 Å². The molecule has 1 aromatic carbocycles. The van der Waals surface area contributed by atoms with Gasteiger partial charge in [-0.25, -0.2) is 4.79 Å². The van der Waals surface area contributed by atoms with Crippen molar-refractivity contribution in [2.75, 3.05) is 0 Å². The average molecular weight is 404 g/mol. The molecule has 3 heterocycles. The van der Waals surface area contributed by atoms with Gasteiger partial charge in [0.15, 0.2) is 0 Å². The molecular formula is C18H20N4O5S. The van der Waals surface area contributed by atoms with E-state index in [9.17, 15) is 24.6 Å². The van der Waals surface area contributed by atoms with Gasteiger partial charge >= 0.3 is 5.97 Å². The summed E-state index contributed by atoms with van der Waals surface area (Å²) in [6.45, 7) is 3.54. The summed E-state index contributed by atoms with van der Waals surface area (Å²) in [5.41, 5.74) is 7.75. The van der Waals surface area contributed by atoms with Crippen LogP contribution in [0.5, 0.6) is 5.75 Å². The Bertz CT molecular complexity index is 931. The van der Waals surface area contributed by atoms with Crippen LogP contribution in [0.2, 0.25) is 0 Å². The largest absolute Gasteiger partial charge is 0.506 e. The first kappa shape index (κ1) is 18.8. The third-order valence-electron chi connectivity index (χ3n) is 5.40. The smallest absolute Gasteiger partial charge is 0.327 e. The number of phenolic OH excluding ortho intramolecular Hbond substituents is 1. The van der Waals surface area contributed by atoms with Crippen molar-refractivity contribution in [2.24, 2.45) is 10.7 Å². The molecule has 0 spiro atoms. The number of nitrogens with two attached hydrogens (primary N) is 1. The first-order valence-corrected chi connectivity index (χ1v) is 9.67. The van der Waals surface area contributed by atoms with Gasteiger partial charge in [0.2, 0.25) is 11.8 Å². The second-order valence-electron chi connectivity index (χ2n) is 7.58. The second kappa shape index (κ2) is 6.21. The van der Waals surface area contributed by atoms with Crippen molar-refractivity contribution in [1.82, 2.24) is 10.2 Å². The molecule has 4 rings (SSSR count). The number of thioether (sulfide) groups is 1. The number of β-lactam (4-membered cyclic amide) rings is 1. The van der Waals surface area contributed by atoms with Crippen molar-refractivity contribution in [3.05, 3.63) is 23.3 Å². The summed E-state index contributed by atoms with van der Waals surface area (Å²) in [4.78, 5) is 42.2. The van der Waals surface area contributed by atoms with Crippen LogP contribution in [-0.4, -0.2) is 61.3 Å². The van der Waals surface area contributed by atoms with Crippen LogP contribution in [0, 0.1) is 0 Å². The molecule has 1 aromatic rings. The molecule has 2 saturated heterocycles. The number of nitrogens with zero attached hydrogens (tertiary/aromatic N) is 2. The lowest BCUT2D eigenvalue weighted by atomic mass is 9.94. The summed E-state index contributed by atoms with van der Waals surface area (Å²) in [7, 11) is 0. The highest BCUT2D eigenvalue weighted by atomic mass is 32.2. The molecule has 3 aliphatic rings. The number of fused-ring (bicyclic) bond motifs is 2. The lowest BCUT2D eigenvalue weighted by molar-refractivity contribution is -0.161. The second-order valence-corrected chi connectivity index (χ2v) is 9.35. The number of hydrogen-bond acceptors (Lipinski definition) is 7. The zero-order chi connectivity index (χ0) is 20.4. The topological polar surface area (TPSA) is 145 Å². The highest BCUT2D eigenvalue weighted by Gasteiger charge is 2.64. The number of amides is 2. The Morgan fingerprint density at radius 3 is 2.82 bits per heavy atom. The number of aromatic hydroxyl groups is 1. The average Bonchev–Trinajstić information content (AvgIpc) is 3.21. The lowest BCUT2D eigenvalue weighted by Gasteiger charge is -2.43. The summed E-state index contributed by atoms with van der Waals surface area (Å²) in [6.07, 6.45) is 2.10. The lowest BCUT2D eigenvalue weighted by Crippen LogP contribution is -2.71. The van der Waals surface area contributed by atoms with E-state index in [2.05, 4.69) is 10.3 Å². The number of aliphatic imine (C=N–C) groups is 1. The highest BCUT2D eigenvalue weighted by molar-refractivity contribution is 8.01. The van der Waals surface area contributed by atoms with E-state index in [1.165, 1.54) is 22.7 Å². The van der Waals surface area contributed by atoms with Crippen molar-refractivity contribution < 1.29 is 24.6 Å². The predicted molar refractivity (Wildman–Crippen MR) is 103 cm³/mol. The number of carboxylic acid groups (broad SMARTS) is 1. The number of rotatable bonds is 4. The van der Waals surface area contributed by atoms with Gasteiger partial charge in [-0.1, -0.05) is 6.07 Å². The normalized spacial score (nSPS) is 27.8. The van der Waals surface area contributed by atoms with Crippen LogP contribution < -0.4 is 11.1 Å². The van der Waals surface area contributed by atoms with E-state index < -0.39 is 46.0 Å². The minimum Gasteiger partial charge on any atom is -0.506 e. The molecule has 5 N–H and O–H groups in total. The minimum atomic E-state index is -1.06. The summed E-state index contributed by atoms with van der Waals surface area (Å²) in [5, 5.41) is 21.6. The molecule has 0 radical (unpaired) electrons. The van der Waals surface area contributed by atoms with Crippen molar-refractivity contribution in [3.63, 3.8) is 0 Å². The van der Waals surface area contributed by atoms with Crippen molar-refractivity contribution in [2.45, 2.75) is 48.5 Å². The van der Waals surface area contributed by atoms with Crippen LogP contribution in [0.4, 0.5) is 5.69 Å². The molecule has 4 atom stereocenters. The Morgan fingerprint density at radius 1 is 1.43 bits per heavy atom. The fraction of sp³-hybridized carbons (Fsp3) is 0.444. The molecule has 0 aromatic heterocycles. The molecule has 28 heavy (non-hydrogen) atoms. The fourth-order valence-electron chi connectivity index (χ4n) is 4.05. The summed E-state index contributed by atoms with van der Waals surface area (Å²) >= 11 is 1.35. The number of hydrogen-bond donors (Lipinski definition) is 4. The molecule has 0 saturated carbocycles. The van der Waals surface area contributed by atoms with E-state index in [4.69, 9.17) is 5.73 Å². The van der Waals surface area contributed by atoms with Crippen LogP contribution in [0.1, 0.15) is 31.0 Å². The molecule has 148 valence electrons. The van der Waals surface area contributed by atoms with Gasteiger partial charge in [0, 0.05) is 17.4 Å². The van der Waals surface area contributed by atoms with Crippen LogP contribution in [0.25, 0.3) is 0 Å². The molecular weight excluding hydrogens is 384 g/mol. The molecule has 3 aliphatic heterocycles. The quantitative estimate of drug-likeness (QED) is 0.527. The van der Waals surface area contributed by atoms with Gasteiger partial charge in [-0.15, -0.1) is 11.8 Å². The number of nitrogens with one attached hydrogen (secondary N) is 1. The highest BCUT2D eigenvalue weighted by Crippen LogP contribution is 2.50. The van der Waals surface area contributed by atoms with E-state index in [0.29, 0.717) is 23.2 Å². The van der Waals surface area contributed by atoms with Gasteiger partial charge in [0.05, 0.1) is 0 Å². The summed E-state index contributed by atoms with van der Waals surface area (Å²) in [5.74, 6) is -1.99. The van der Waals surface area contributed by atoms with E-state index in [1.807, 2.05) is 0 Å². The SMILES string of the molecule is CC1(C)S[C@@H]2[C@H](NC(=O)[C@H](N)c3ccc(O)c4c3CC=N4)C(=O)N2C1C(=O)O. The Labute approximate surface area is 165 Å². The van der Waals surface area contributed by atoms with Gasteiger partial charge in [-0.3, -0.25) is 14.6 Å². The number of carbonyl (C=O) groups excluding carboxylic acids is 2. The van der Waals surface area contributed by atoms with Gasteiger partial charge < -0.3 is 26.2 Å². The van der Waals surface area contributed by atoms with Crippen molar-refractivity contribution >= 4 is 41.4 Å². The maximum atomic E-state index is 12.7. The van der Waals surface area contributed by atoms with Gasteiger partial charge in [0.25, 0.3) is 0 Å². The maximum Gasteiger partial charge on any atom is 0.327 e. The van der Waals surface area contributed by atoms with Crippen LogP contribution >= 0.6 is 11.8 Å². The zero-order valence-electron chi connectivity index (χ0n) is 15.2. The van der Waals surface area contributed by atoms with Crippen LogP contribution in [0.3, 0.4) is 0 Å². The zero-order valence-corrected chi connectivity index (χ0v) is 16.1. The Kier molecular flexibility index (Phi) is 4.16. The summed E-state index contributed by atoms with van der Waals surface area (Å²) < 4.78 is -0.664. The summed E-state index contributed by atoms with van der Waals surface area (Å²) in [6, 6.07) is 0.235. The van der Waals surface area contributed by atoms with E-state index in [-0.39, 0.29) is 5.75 Å². The monoisotopic (exact) mass is 404 g/mol. The standard InChI is InChI=1S/C18H20N4O5S/c1-18(2)13(17(26)27)22-15(25)12(16(22)28-18)21-14(24)10(19)7-3-4-9(23)11-8(7)5-6-20-11/h3-4,6,10,12-13,16,23H,5,19H2,1-2H3,(H,21,24)(H,26,27)/t10-,12-,13?,16-/m1/s1. The first-order chi connectivity index (χ1) is 13.1. The van der Waals surface area contributed by atoms with E-state index >= 15 is 0 Å². The van der Waals surface area contributed by atoms with Crippen LogP contribution in [0.15, 0.2) is 17.1 Å². The van der Waals surface area contributed by atoms with Crippen molar-refractivity contribution in [1.29, 1.82) is 0 Å². The fourth-order valence-corrected chi connectivity index (χ4v) is 5.67. The number of carbonyl (C=O) groups is 3. The predicted octanol–water partition coefficient (Wildman–Crippen LogP) is 0.282. The van der Waals surface area contributed by atoms with E-state index in [0.717, 1.165) is 0 Å². The third kappa shape index (κ3) is 2.59. The number of aliphatic carboxylic acids is 1. The van der Waals surface area contributed by atoms with Gasteiger partial charge in [-0.05, 0) is 31.0 Å². The van der Waals surface area contributed by atoms with Crippen molar-refractivity contribution in [3.8, 4) is 5.75 Å². The molecule has 10 heteroatoms. The Hall–Kier alpha value is -2.59. The third-order valence-corrected chi connectivity index (χ3v) is 6.98. The molecule has 2 fully saturated rings. The molecule has 0 aliphatic carbocycles. The molecule has 9 nitrogen and oxygen atoms in total. The first-order valence-electron chi connectivity index (χ1n) is 8.79. The minimum absolute atomic E-state index is 0.0224. The maximum absolute atomic E-state index is 12.7.